The molecular formula is C24H17BN2. The molecule has 0 spiro atoms. The molecule has 126 valence electrons. The fourth-order valence-corrected chi connectivity index (χ4v) is 4.42. The number of para-hydroxylation sites is 3. The fourth-order valence-electron chi connectivity index (χ4n) is 4.42. The van der Waals surface area contributed by atoms with Gasteiger partial charge in [0.25, 0.3) is 0 Å². The Bertz CT molecular complexity index is 1340. The minimum atomic E-state index is 1.19. The van der Waals surface area contributed by atoms with Crippen molar-refractivity contribution in [2.75, 3.05) is 4.90 Å². The lowest BCUT2D eigenvalue weighted by molar-refractivity contribution is 1.11. The summed E-state index contributed by atoms with van der Waals surface area (Å²) in [6.07, 6.45) is 0. The van der Waals surface area contributed by atoms with Crippen molar-refractivity contribution in [3.05, 3.63) is 91.0 Å². The highest BCUT2D eigenvalue weighted by atomic mass is 15.2. The lowest BCUT2D eigenvalue weighted by atomic mass is 9.94. The highest BCUT2D eigenvalue weighted by molar-refractivity contribution is 6.33. The van der Waals surface area contributed by atoms with Gasteiger partial charge in [0.1, 0.15) is 7.85 Å². The number of fused-ring (bicyclic) bond motifs is 5. The van der Waals surface area contributed by atoms with Gasteiger partial charge in [-0.05, 0) is 36.4 Å². The molecule has 1 aromatic heterocycles. The summed E-state index contributed by atoms with van der Waals surface area (Å²) in [6.45, 7) is 0. The van der Waals surface area contributed by atoms with E-state index in [4.69, 9.17) is 0 Å². The van der Waals surface area contributed by atoms with Gasteiger partial charge in [-0.3, -0.25) is 0 Å². The van der Waals surface area contributed by atoms with Crippen LogP contribution in [-0.2, 0) is 0 Å². The van der Waals surface area contributed by atoms with E-state index in [1.165, 1.54) is 50.0 Å². The second kappa shape index (κ2) is 5.27. The van der Waals surface area contributed by atoms with Crippen LogP contribution in [0.4, 0.5) is 17.1 Å². The molecule has 27 heavy (non-hydrogen) atoms. The maximum Gasteiger partial charge on any atom is 0.139 e. The molecule has 6 rings (SSSR count). The second-order valence-electron chi connectivity index (χ2n) is 7.19. The van der Waals surface area contributed by atoms with Crippen LogP contribution in [-0.4, -0.2) is 12.4 Å². The van der Waals surface area contributed by atoms with Gasteiger partial charge in [-0.2, -0.15) is 0 Å². The first kappa shape index (κ1) is 14.7. The van der Waals surface area contributed by atoms with E-state index >= 15 is 0 Å². The Balaban J connectivity index is 1.85. The molecular weight excluding hydrogens is 327 g/mol. The normalized spacial score (nSPS) is 12.5. The first-order chi connectivity index (χ1) is 13.3. The van der Waals surface area contributed by atoms with Crippen molar-refractivity contribution in [2.24, 2.45) is 0 Å². The first-order valence-electron chi connectivity index (χ1n) is 9.31. The molecule has 0 atom stereocenters. The number of rotatable bonds is 1. The monoisotopic (exact) mass is 344 g/mol. The van der Waals surface area contributed by atoms with E-state index in [0.717, 1.165) is 0 Å². The maximum absolute atomic E-state index is 2.42. The van der Waals surface area contributed by atoms with Crippen molar-refractivity contribution in [1.29, 1.82) is 0 Å². The highest BCUT2D eigenvalue weighted by Gasteiger charge is 2.27. The smallest absolute Gasteiger partial charge is 0.139 e. The van der Waals surface area contributed by atoms with E-state index in [-0.39, 0.29) is 0 Å². The van der Waals surface area contributed by atoms with Crippen LogP contribution in [0, 0.1) is 0 Å². The second-order valence-corrected chi connectivity index (χ2v) is 7.19. The molecule has 0 fully saturated rings. The molecule has 0 bridgehead atoms. The van der Waals surface area contributed by atoms with Crippen LogP contribution >= 0.6 is 0 Å². The number of hydrogen-bond acceptors (Lipinski definition) is 1. The van der Waals surface area contributed by atoms with Crippen molar-refractivity contribution in [1.82, 2.24) is 4.57 Å². The highest BCUT2D eigenvalue weighted by Crippen LogP contribution is 2.48. The molecule has 0 saturated carbocycles. The number of nitrogens with zero attached hydrogens (tertiary/aromatic N) is 2. The van der Waals surface area contributed by atoms with Crippen molar-refractivity contribution < 1.29 is 0 Å². The Morgan fingerprint density at radius 1 is 0.593 bits per heavy atom. The number of aromatic nitrogens is 1. The van der Waals surface area contributed by atoms with Gasteiger partial charge in [-0.25, -0.2) is 0 Å². The summed E-state index contributed by atoms with van der Waals surface area (Å²) in [5.41, 5.74) is 8.68. The summed E-state index contributed by atoms with van der Waals surface area (Å²) in [7, 11) is 2.16. The molecule has 0 radical (unpaired) electrons. The molecule has 1 aliphatic rings. The summed E-state index contributed by atoms with van der Waals surface area (Å²) in [5, 5.41) is 2.60. The molecule has 0 saturated heterocycles. The van der Waals surface area contributed by atoms with Crippen LogP contribution in [0.2, 0.25) is 0 Å². The van der Waals surface area contributed by atoms with Gasteiger partial charge >= 0.3 is 0 Å². The predicted octanol–water partition coefficient (Wildman–Crippen LogP) is 4.83. The lowest BCUT2D eigenvalue weighted by Gasteiger charge is -2.33. The fraction of sp³-hybridized carbons (Fsp3) is 0. The zero-order chi connectivity index (χ0) is 18.0. The largest absolute Gasteiger partial charge is 0.306 e. The van der Waals surface area contributed by atoms with E-state index in [9.17, 15) is 0 Å². The average Bonchev–Trinajstić information content (AvgIpc) is 3.05. The molecule has 2 nitrogen and oxygen atoms in total. The molecule has 2 heterocycles. The van der Waals surface area contributed by atoms with Crippen LogP contribution in [0.3, 0.4) is 0 Å². The first-order valence-corrected chi connectivity index (χ1v) is 9.31. The SMILES string of the molecule is Bc1ccc2c(c1)N(c1ccccc1)c1cccc3c4ccccc4n-2c13. The van der Waals surface area contributed by atoms with Gasteiger partial charge in [-0.15, -0.1) is 0 Å². The molecule has 3 heteroatoms. The van der Waals surface area contributed by atoms with Gasteiger partial charge in [0, 0.05) is 16.5 Å². The Kier molecular flexibility index (Phi) is 2.87. The molecule has 5 aromatic rings. The van der Waals surface area contributed by atoms with Gasteiger partial charge in [0.2, 0.25) is 0 Å². The Morgan fingerprint density at radius 2 is 1.37 bits per heavy atom. The quantitative estimate of drug-likeness (QED) is 0.388. The molecule has 1 aliphatic heterocycles. The Morgan fingerprint density at radius 3 is 2.26 bits per heavy atom. The van der Waals surface area contributed by atoms with Gasteiger partial charge in [0.15, 0.2) is 0 Å². The molecule has 0 amide bonds. The maximum atomic E-state index is 2.42. The standard InChI is InChI=1S/C24H17BN2/c25-16-13-14-21-23(15-16)26(17-7-2-1-3-8-17)22-12-6-10-19-18-9-4-5-11-20(18)27(21)24(19)22/h1-15H,25H2. The van der Waals surface area contributed by atoms with Crippen molar-refractivity contribution >= 4 is 52.2 Å². The van der Waals surface area contributed by atoms with Crippen LogP contribution < -0.4 is 10.4 Å². The van der Waals surface area contributed by atoms with E-state index in [2.05, 4.69) is 108 Å². The Labute approximate surface area is 158 Å². The van der Waals surface area contributed by atoms with E-state index in [0.29, 0.717) is 0 Å². The van der Waals surface area contributed by atoms with E-state index < -0.39 is 0 Å². The minimum Gasteiger partial charge on any atom is -0.306 e. The van der Waals surface area contributed by atoms with Crippen molar-refractivity contribution in [3.63, 3.8) is 0 Å². The average molecular weight is 344 g/mol. The third kappa shape index (κ3) is 1.91. The van der Waals surface area contributed by atoms with Gasteiger partial charge in [0.05, 0.1) is 28.1 Å². The van der Waals surface area contributed by atoms with Crippen molar-refractivity contribution in [2.45, 2.75) is 0 Å². The summed E-state index contributed by atoms with van der Waals surface area (Å²) in [6, 6.07) is 32.7. The number of benzene rings is 4. The minimum absolute atomic E-state index is 1.19. The van der Waals surface area contributed by atoms with Crippen LogP contribution in [0.25, 0.3) is 27.5 Å². The third-order valence-electron chi connectivity index (χ3n) is 5.54. The van der Waals surface area contributed by atoms with Crippen LogP contribution in [0.5, 0.6) is 0 Å². The van der Waals surface area contributed by atoms with Gasteiger partial charge < -0.3 is 9.47 Å². The Hall–Kier alpha value is -3.46. The zero-order valence-electron chi connectivity index (χ0n) is 15.1. The molecule has 4 aromatic carbocycles. The van der Waals surface area contributed by atoms with Crippen LogP contribution in [0.1, 0.15) is 0 Å². The molecule has 0 N–H and O–H groups in total. The van der Waals surface area contributed by atoms with Crippen molar-refractivity contribution in [3.8, 4) is 5.69 Å². The molecule has 0 aliphatic carbocycles. The van der Waals surface area contributed by atoms with E-state index in [1.807, 2.05) is 0 Å². The number of anilines is 3. The van der Waals surface area contributed by atoms with Gasteiger partial charge in [-0.1, -0.05) is 60.1 Å². The van der Waals surface area contributed by atoms with E-state index in [1.54, 1.807) is 0 Å². The predicted molar refractivity (Wildman–Crippen MR) is 117 cm³/mol. The number of hydrogen-bond donors (Lipinski definition) is 0. The zero-order valence-corrected chi connectivity index (χ0v) is 15.1. The topological polar surface area (TPSA) is 8.17 Å². The van der Waals surface area contributed by atoms with Crippen LogP contribution in [0.15, 0.2) is 91.0 Å². The summed E-state index contributed by atoms with van der Waals surface area (Å²) < 4.78 is 2.42. The third-order valence-corrected chi connectivity index (χ3v) is 5.54. The lowest BCUT2D eigenvalue weighted by Crippen LogP contribution is -2.20. The summed E-state index contributed by atoms with van der Waals surface area (Å²) >= 11 is 0. The molecule has 0 unspecified atom stereocenters. The summed E-state index contributed by atoms with van der Waals surface area (Å²) in [5.74, 6) is 0. The summed E-state index contributed by atoms with van der Waals surface area (Å²) in [4.78, 5) is 2.39.